The van der Waals surface area contributed by atoms with Gasteiger partial charge in [0.05, 0.1) is 5.69 Å². The number of alkyl halides is 3. The average molecular weight is 416 g/mol. The first-order chi connectivity index (χ1) is 14.3. The lowest BCUT2D eigenvalue weighted by molar-refractivity contribution is -0.274. The molecule has 0 fully saturated rings. The summed E-state index contributed by atoms with van der Waals surface area (Å²) in [6.07, 6.45) is -5.01. The number of ether oxygens (including phenoxy) is 2. The third-order valence-electron chi connectivity index (χ3n) is 4.05. The Hall–Kier alpha value is -3.68. The van der Waals surface area contributed by atoms with Crippen LogP contribution in [-0.4, -0.2) is 12.4 Å². The van der Waals surface area contributed by atoms with Gasteiger partial charge in [0.1, 0.15) is 17.6 Å². The Morgan fingerprint density at radius 2 is 1.50 bits per heavy atom. The molecule has 2 N–H and O–H groups in total. The van der Waals surface area contributed by atoms with Crippen LogP contribution in [0.1, 0.15) is 18.6 Å². The van der Waals surface area contributed by atoms with Crippen molar-refractivity contribution in [3.05, 3.63) is 84.4 Å². The predicted octanol–water partition coefficient (Wildman–Crippen LogP) is 6.37. The molecule has 3 aromatic carbocycles. The van der Waals surface area contributed by atoms with Crippen LogP contribution in [0.4, 0.5) is 29.3 Å². The molecular formula is C22H19F3N2O3. The minimum atomic E-state index is -4.77. The van der Waals surface area contributed by atoms with E-state index in [0.29, 0.717) is 17.1 Å². The summed E-state index contributed by atoms with van der Waals surface area (Å²) in [4.78, 5) is 12.3. The van der Waals surface area contributed by atoms with E-state index in [0.717, 1.165) is 17.7 Å². The fourth-order valence-corrected chi connectivity index (χ4v) is 2.68. The maximum absolute atomic E-state index is 12.3. The maximum atomic E-state index is 12.3. The van der Waals surface area contributed by atoms with Gasteiger partial charge in [0.25, 0.3) is 0 Å². The third-order valence-corrected chi connectivity index (χ3v) is 4.05. The Labute approximate surface area is 171 Å². The summed E-state index contributed by atoms with van der Waals surface area (Å²) in [5, 5.41) is 5.23. The van der Waals surface area contributed by atoms with Crippen LogP contribution in [-0.2, 0) is 0 Å². The summed E-state index contributed by atoms with van der Waals surface area (Å²) < 4.78 is 46.4. The highest BCUT2D eigenvalue weighted by molar-refractivity contribution is 6.00. The van der Waals surface area contributed by atoms with Gasteiger partial charge >= 0.3 is 12.4 Å². The number of urea groups is 1. The lowest BCUT2D eigenvalue weighted by Crippen LogP contribution is -2.20. The van der Waals surface area contributed by atoms with E-state index in [9.17, 15) is 18.0 Å². The van der Waals surface area contributed by atoms with Crippen LogP contribution in [0.15, 0.2) is 78.9 Å². The van der Waals surface area contributed by atoms with Gasteiger partial charge in [0, 0.05) is 5.69 Å². The largest absolute Gasteiger partial charge is 0.573 e. The smallest absolute Gasteiger partial charge is 0.484 e. The van der Waals surface area contributed by atoms with Gasteiger partial charge in [-0.25, -0.2) is 4.79 Å². The molecule has 0 saturated heterocycles. The third kappa shape index (κ3) is 6.16. The highest BCUT2D eigenvalue weighted by Gasteiger charge is 2.30. The van der Waals surface area contributed by atoms with Gasteiger partial charge in [-0.3, -0.25) is 0 Å². The van der Waals surface area contributed by atoms with Gasteiger partial charge < -0.3 is 20.1 Å². The number of benzene rings is 3. The van der Waals surface area contributed by atoms with Gasteiger partial charge in [-0.05, 0) is 48.9 Å². The standard InChI is InChI=1S/C22H19F3N2O3/c1-15(16-7-3-2-4-8-16)29-20-10-6-5-9-19(20)27-21(28)26-17-11-13-18(14-12-17)30-22(23,24)25/h2-15H,1H3,(H2,26,27,28). The van der Waals surface area contributed by atoms with E-state index in [1.54, 1.807) is 24.3 Å². The number of anilines is 2. The minimum absolute atomic E-state index is 0.238. The van der Waals surface area contributed by atoms with Crippen molar-refractivity contribution in [2.75, 3.05) is 10.6 Å². The molecule has 0 radical (unpaired) electrons. The van der Waals surface area contributed by atoms with Crippen LogP contribution < -0.4 is 20.1 Å². The van der Waals surface area contributed by atoms with Gasteiger partial charge in [0.2, 0.25) is 0 Å². The molecule has 0 aliphatic carbocycles. The molecule has 1 unspecified atom stereocenters. The van der Waals surface area contributed by atoms with Gasteiger partial charge in [0.15, 0.2) is 0 Å². The summed E-state index contributed by atoms with van der Waals surface area (Å²) in [7, 11) is 0. The molecule has 0 saturated carbocycles. The summed E-state index contributed by atoms with van der Waals surface area (Å²) in [6, 6.07) is 20.9. The number of carbonyl (C=O) groups is 1. The van der Waals surface area contributed by atoms with Gasteiger partial charge in [-0.2, -0.15) is 0 Å². The lowest BCUT2D eigenvalue weighted by atomic mass is 10.1. The number of nitrogens with one attached hydrogen (secondary N) is 2. The number of amides is 2. The molecule has 2 amide bonds. The monoisotopic (exact) mass is 416 g/mol. The molecule has 3 aromatic rings. The number of para-hydroxylation sites is 2. The molecule has 0 spiro atoms. The van der Waals surface area contributed by atoms with Crippen LogP contribution in [0.2, 0.25) is 0 Å². The van der Waals surface area contributed by atoms with Gasteiger partial charge in [-0.15, -0.1) is 13.2 Å². The van der Waals surface area contributed by atoms with E-state index in [1.165, 1.54) is 12.1 Å². The highest BCUT2D eigenvalue weighted by atomic mass is 19.4. The molecular weight excluding hydrogens is 397 g/mol. The second kappa shape index (κ2) is 9.21. The van der Waals surface area contributed by atoms with E-state index in [4.69, 9.17) is 4.74 Å². The Morgan fingerprint density at radius 3 is 2.17 bits per heavy atom. The molecule has 0 aromatic heterocycles. The van der Waals surface area contributed by atoms with Crippen LogP contribution in [0.3, 0.4) is 0 Å². The zero-order chi connectivity index (χ0) is 21.6. The number of halogens is 3. The Morgan fingerprint density at radius 1 is 0.867 bits per heavy atom. The average Bonchev–Trinajstić information content (AvgIpc) is 2.70. The van der Waals surface area contributed by atoms with Crippen molar-refractivity contribution in [2.45, 2.75) is 19.4 Å². The zero-order valence-corrected chi connectivity index (χ0v) is 15.9. The van der Waals surface area contributed by atoms with Crippen LogP contribution in [0.25, 0.3) is 0 Å². The van der Waals surface area contributed by atoms with E-state index in [2.05, 4.69) is 15.4 Å². The summed E-state index contributed by atoms with van der Waals surface area (Å²) in [5.41, 5.74) is 1.74. The van der Waals surface area contributed by atoms with Crippen molar-refractivity contribution in [3.63, 3.8) is 0 Å². The van der Waals surface area contributed by atoms with Crippen molar-refractivity contribution < 1.29 is 27.4 Å². The van der Waals surface area contributed by atoms with E-state index >= 15 is 0 Å². The summed E-state index contributed by atoms with van der Waals surface area (Å²) >= 11 is 0. The Kier molecular flexibility index (Phi) is 6.46. The molecule has 1 atom stereocenters. The summed E-state index contributed by atoms with van der Waals surface area (Å²) in [6.45, 7) is 1.90. The number of hydrogen-bond acceptors (Lipinski definition) is 3. The first kappa shape index (κ1) is 21.0. The van der Waals surface area contributed by atoms with Gasteiger partial charge in [-0.1, -0.05) is 42.5 Å². The topological polar surface area (TPSA) is 59.6 Å². The van der Waals surface area contributed by atoms with Crippen molar-refractivity contribution in [1.82, 2.24) is 0 Å². The first-order valence-electron chi connectivity index (χ1n) is 9.04. The molecule has 5 nitrogen and oxygen atoms in total. The zero-order valence-electron chi connectivity index (χ0n) is 15.9. The molecule has 3 rings (SSSR count). The van der Waals surface area contributed by atoms with Crippen molar-refractivity contribution >= 4 is 17.4 Å². The molecule has 156 valence electrons. The van der Waals surface area contributed by atoms with Crippen LogP contribution in [0, 0.1) is 0 Å². The molecule has 0 aliphatic heterocycles. The number of rotatable bonds is 6. The van der Waals surface area contributed by atoms with Crippen molar-refractivity contribution in [2.24, 2.45) is 0 Å². The fourth-order valence-electron chi connectivity index (χ4n) is 2.68. The summed E-state index contributed by atoms with van der Waals surface area (Å²) in [5.74, 6) is 0.111. The molecule has 0 aliphatic rings. The lowest BCUT2D eigenvalue weighted by Gasteiger charge is -2.18. The van der Waals surface area contributed by atoms with E-state index < -0.39 is 12.4 Å². The minimum Gasteiger partial charge on any atom is -0.484 e. The molecule has 0 heterocycles. The number of hydrogen-bond donors (Lipinski definition) is 2. The highest BCUT2D eigenvalue weighted by Crippen LogP contribution is 2.29. The fraction of sp³-hybridized carbons (Fsp3) is 0.136. The molecule has 0 bridgehead atoms. The normalized spacial score (nSPS) is 12.0. The van der Waals surface area contributed by atoms with Crippen molar-refractivity contribution in [1.29, 1.82) is 0 Å². The SMILES string of the molecule is CC(Oc1ccccc1NC(=O)Nc1ccc(OC(F)(F)F)cc1)c1ccccc1. The second-order valence-electron chi connectivity index (χ2n) is 6.32. The molecule has 30 heavy (non-hydrogen) atoms. The van der Waals surface area contributed by atoms with E-state index in [1.807, 2.05) is 37.3 Å². The molecule has 8 heteroatoms. The van der Waals surface area contributed by atoms with Crippen LogP contribution >= 0.6 is 0 Å². The Bertz CT molecular complexity index is 977. The number of carbonyl (C=O) groups excluding carboxylic acids is 1. The Balaban J connectivity index is 1.63. The maximum Gasteiger partial charge on any atom is 0.573 e. The first-order valence-corrected chi connectivity index (χ1v) is 9.04. The quantitative estimate of drug-likeness (QED) is 0.491. The predicted molar refractivity (Wildman–Crippen MR) is 108 cm³/mol. The van der Waals surface area contributed by atoms with Crippen LogP contribution in [0.5, 0.6) is 11.5 Å². The van der Waals surface area contributed by atoms with E-state index in [-0.39, 0.29) is 11.9 Å². The van der Waals surface area contributed by atoms with Crippen molar-refractivity contribution in [3.8, 4) is 11.5 Å². The second-order valence-corrected chi connectivity index (χ2v) is 6.32.